The molecule has 8 nitrogen and oxygen atoms in total. The number of carbonyl (C=O) groups excluding carboxylic acids is 1. The van der Waals surface area contributed by atoms with Gasteiger partial charge in [0.2, 0.25) is 9.84 Å². The van der Waals surface area contributed by atoms with E-state index in [-0.39, 0.29) is 35.5 Å². The first-order valence-corrected chi connectivity index (χ1v) is 10.5. The predicted molar refractivity (Wildman–Crippen MR) is 105 cm³/mol. The van der Waals surface area contributed by atoms with Crippen molar-refractivity contribution in [3.63, 3.8) is 0 Å². The van der Waals surface area contributed by atoms with Gasteiger partial charge in [0.05, 0.1) is 31.6 Å². The van der Waals surface area contributed by atoms with E-state index >= 15 is 0 Å². The Hall–Kier alpha value is -2.53. The molecule has 0 unspecified atom stereocenters. The lowest BCUT2D eigenvalue weighted by molar-refractivity contribution is -0.384. The van der Waals surface area contributed by atoms with Gasteiger partial charge in [0.15, 0.2) is 5.13 Å². The van der Waals surface area contributed by atoms with Gasteiger partial charge in [0, 0.05) is 12.1 Å². The highest BCUT2D eigenvalue weighted by atomic mass is 35.5. The third-order valence-corrected chi connectivity index (χ3v) is 7.49. The van der Waals surface area contributed by atoms with Gasteiger partial charge < -0.3 is 0 Å². The summed E-state index contributed by atoms with van der Waals surface area (Å²) in [5.74, 6) is -0.596. The summed E-state index contributed by atoms with van der Waals surface area (Å²) < 4.78 is 25.1. The molecule has 0 atom stereocenters. The monoisotopic (exact) mass is 457 g/mol. The van der Waals surface area contributed by atoms with Gasteiger partial charge in [-0.1, -0.05) is 40.6 Å². The van der Waals surface area contributed by atoms with Crippen LogP contribution in [0.4, 0.5) is 10.8 Å². The van der Waals surface area contributed by atoms with Crippen LogP contribution >= 0.6 is 34.5 Å². The summed E-state index contributed by atoms with van der Waals surface area (Å²) in [6.07, 6.45) is 1.09. The lowest BCUT2D eigenvalue weighted by Crippen LogP contribution is -2.12. The van der Waals surface area contributed by atoms with Crippen molar-refractivity contribution in [2.45, 2.75) is 9.10 Å². The number of anilines is 1. The number of thiazole rings is 1. The highest BCUT2D eigenvalue weighted by Gasteiger charge is 2.23. The van der Waals surface area contributed by atoms with E-state index in [0.29, 0.717) is 0 Å². The SMILES string of the molecule is O=C(Nc1ncc(S(=O)(=O)c2ccc([N+](=O)[O-])cc2)s1)c1cccc(Cl)c1Cl. The van der Waals surface area contributed by atoms with Crippen LogP contribution in [-0.4, -0.2) is 24.2 Å². The van der Waals surface area contributed by atoms with E-state index in [1.54, 1.807) is 6.07 Å². The molecule has 0 aliphatic carbocycles. The molecule has 0 aliphatic rings. The highest BCUT2D eigenvalue weighted by Crippen LogP contribution is 2.31. The topological polar surface area (TPSA) is 119 Å². The third kappa shape index (κ3) is 3.99. The fourth-order valence-corrected chi connectivity index (χ4v) is 4.96. The lowest BCUT2D eigenvalue weighted by atomic mass is 10.2. The van der Waals surface area contributed by atoms with Crippen LogP contribution in [0.3, 0.4) is 0 Å². The zero-order valence-electron chi connectivity index (χ0n) is 13.6. The Bertz CT molecular complexity index is 1180. The number of carbonyl (C=O) groups is 1. The minimum Gasteiger partial charge on any atom is -0.298 e. The summed E-state index contributed by atoms with van der Waals surface area (Å²) in [6, 6.07) is 9.00. The minimum absolute atomic E-state index is 0.0431. The van der Waals surface area contributed by atoms with Crippen LogP contribution in [-0.2, 0) is 9.84 Å². The van der Waals surface area contributed by atoms with Crippen molar-refractivity contribution in [2.24, 2.45) is 0 Å². The first-order chi connectivity index (χ1) is 13.2. The maximum Gasteiger partial charge on any atom is 0.269 e. The molecule has 1 N–H and O–H groups in total. The average molecular weight is 458 g/mol. The number of rotatable bonds is 5. The molecule has 0 fully saturated rings. The largest absolute Gasteiger partial charge is 0.298 e. The molecular formula is C16H9Cl2N3O5S2. The molecule has 0 aliphatic heterocycles. The number of nitro groups is 1. The van der Waals surface area contributed by atoms with Crippen LogP contribution in [0.1, 0.15) is 10.4 Å². The van der Waals surface area contributed by atoms with Crippen molar-refractivity contribution in [2.75, 3.05) is 5.32 Å². The van der Waals surface area contributed by atoms with Crippen molar-refractivity contribution >= 4 is 61.1 Å². The Morgan fingerprint density at radius 3 is 2.46 bits per heavy atom. The fourth-order valence-electron chi connectivity index (χ4n) is 2.15. The summed E-state index contributed by atoms with van der Waals surface area (Å²) >= 11 is 12.6. The van der Waals surface area contributed by atoms with E-state index < -0.39 is 20.7 Å². The van der Waals surface area contributed by atoms with Crippen molar-refractivity contribution in [3.8, 4) is 0 Å². The summed E-state index contributed by atoms with van der Waals surface area (Å²) in [5, 5.41) is 13.5. The van der Waals surface area contributed by atoms with Crippen molar-refractivity contribution in [1.82, 2.24) is 4.98 Å². The fraction of sp³-hybridized carbons (Fsp3) is 0. The maximum atomic E-state index is 12.6. The van der Waals surface area contributed by atoms with E-state index in [0.717, 1.165) is 41.8 Å². The molecular weight excluding hydrogens is 449 g/mol. The molecule has 0 bridgehead atoms. The van der Waals surface area contributed by atoms with E-state index in [2.05, 4.69) is 10.3 Å². The van der Waals surface area contributed by atoms with Crippen LogP contribution < -0.4 is 5.32 Å². The molecule has 3 rings (SSSR count). The number of nitrogens with one attached hydrogen (secondary N) is 1. The maximum absolute atomic E-state index is 12.6. The Kier molecular flexibility index (Phi) is 5.66. The third-order valence-electron chi connectivity index (χ3n) is 3.52. The number of hydrogen-bond acceptors (Lipinski definition) is 7. The molecule has 1 heterocycles. The molecule has 1 amide bonds. The number of non-ortho nitro benzene ring substituents is 1. The smallest absolute Gasteiger partial charge is 0.269 e. The van der Waals surface area contributed by atoms with Crippen LogP contribution in [0.25, 0.3) is 0 Å². The number of nitro benzene ring substituents is 1. The van der Waals surface area contributed by atoms with Crippen molar-refractivity contribution in [1.29, 1.82) is 0 Å². The van der Waals surface area contributed by atoms with Crippen LogP contribution in [0.15, 0.2) is 57.8 Å². The Balaban J connectivity index is 1.84. The van der Waals surface area contributed by atoms with Gasteiger partial charge in [-0.15, -0.1) is 0 Å². The number of hydrogen-bond donors (Lipinski definition) is 1. The van der Waals surface area contributed by atoms with Gasteiger partial charge in [-0.05, 0) is 24.3 Å². The quantitative estimate of drug-likeness (QED) is 0.446. The second-order valence-corrected chi connectivity index (χ2v) is 9.29. The molecule has 28 heavy (non-hydrogen) atoms. The van der Waals surface area contributed by atoms with Crippen LogP contribution in [0.5, 0.6) is 0 Å². The Labute approximate surface area is 172 Å². The highest BCUT2D eigenvalue weighted by molar-refractivity contribution is 7.93. The average Bonchev–Trinajstić information content (AvgIpc) is 3.13. The van der Waals surface area contributed by atoms with E-state index in [1.165, 1.54) is 12.1 Å². The van der Waals surface area contributed by atoms with Crippen molar-refractivity contribution in [3.05, 3.63) is 74.4 Å². The second-order valence-electron chi connectivity index (χ2n) is 5.29. The molecule has 0 saturated carbocycles. The van der Waals surface area contributed by atoms with Crippen LogP contribution in [0, 0.1) is 10.1 Å². The molecule has 144 valence electrons. The molecule has 3 aromatic rings. The molecule has 12 heteroatoms. The first kappa shape index (κ1) is 20.2. The van der Waals surface area contributed by atoms with Gasteiger partial charge in [0.1, 0.15) is 4.21 Å². The van der Waals surface area contributed by atoms with Gasteiger partial charge in [-0.25, -0.2) is 13.4 Å². The zero-order chi connectivity index (χ0) is 20.5. The normalized spacial score (nSPS) is 11.2. The summed E-state index contributed by atoms with van der Waals surface area (Å²) in [4.78, 5) is 26.1. The van der Waals surface area contributed by atoms with E-state index in [4.69, 9.17) is 23.2 Å². The molecule has 0 saturated heterocycles. The van der Waals surface area contributed by atoms with Gasteiger partial charge in [0.25, 0.3) is 11.6 Å². The van der Waals surface area contributed by atoms with Crippen LogP contribution in [0.2, 0.25) is 10.0 Å². The summed E-state index contributed by atoms with van der Waals surface area (Å²) in [7, 11) is -3.94. The lowest BCUT2D eigenvalue weighted by Gasteiger charge is -2.05. The molecule has 1 aromatic heterocycles. The number of sulfone groups is 1. The summed E-state index contributed by atoms with van der Waals surface area (Å²) in [6.45, 7) is 0. The number of benzene rings is 2. The van der Waals surface area contributed by atoms with E-state index in [1.807, 2.05) is 0 Å². The first-order valence-electron chi connectivity index (χ1n) is 7.41. The molecule has 0 spiro atoms. The number of halogens is 2. The second kappa shape index (κ2) is 7.84. The zero-order valence-corrected chi connectivity index (χ0v) is 16.8. The molecule has 2 aromatic carbocycles. The number of nitrogens with zero attached hydrogens (tertiary/aromatic N) is 2. The van der Waals surface area contributed by atoms with Gasteiger partial charge in [-0.2, -0.15) is 0 Å². The number of amides is 1. The van der Waals surface area contributed by atoms with E-state index in [9.17, 15) is 23.3 Å². The summed E-state index contributed by atoms with van der Waals surface area (Å²) in [5.41, 5.74) is -0.112. The standard InChI is InChI=1S/C16H9Cl2N3O5S2/c17-12-3-1-2-11(14(12)18)15(22)20-16-19-8-13(27-16)28(25,26)10-6-4-9(5-7-10)21(23)24/h1-8H,(H,19,20,22). The number of aromatic nitrogens is 1. The Morgan fingerprint density at radius 1 is 1.14 bits per heavy atom. The van der Waals surface area contributed by atoms with Gasteiger partial charge >= 0.3 is 0 Å². The van der Waals surface area contributed by atoms with Gasteiger partial charge in [-0.3, -0.25) is 20.2 Å². The molecule has 0 radical (unpaired) electrons. The Morgan fingerprint density at radius 2 is 1.82 bits per heavy atom. The minimum atomic E-state index is -3.94. The predicted octanol–water partition coefficient (Wildman–Crippen LogP) is 4.44. The van der Waals surface area contributed by atoms with Crippen molar-refractivity contribution < 1.29 is 18.1 Å².